The third-order valence-electron chi connectivity index (χ3n) is 7.75. The van der Waals surface area contributed by atoms with Gasteiger partial charge in [0.15, 0.2) is 11.5 Å². The fraction of sp³-hybridized carbons (Fsp3) is 0.552. The van der Waals surface area contributed by atoms with Gasteiger partial charge in [0.2, 0.25) is 0 Å². The summed E-state index contributed by atoms with van der Waals surface area (Å²) in [6, 6.07) is 10.9. The molecule has 0 aromatic heterocycles. The molecule has 0 radical (unpaired) electrons. The molecular weight excluding hydrogens is 426 g/mol. The lowest BCUT2D eigenvalue weighted by Gasteiger charge is -2.36. The summed E-state index contributed by atoms with van der Waals surface area (Å²) in [5, 5.41) is 0. The van der Waals surface area contributed by atoms with Gasteiger partial charge in [-0.05, 0) is 80.2 Å². The zero-order valence-electron chi connectivity index (χ0n) is 20.3. The molecule has 5 nitrogen and oxygen atoms in total. The summed E-state index contributed by atoms with van der Waals surface area (Å²) >= 11 is 0. The van der Waals surface area contributed by atoms with E-state index in [1.165, 1.54) is 50.5 Å². The molecule has 180 valence electrons. The van der Waals surface area contributed by atoms with Crippen molar-refractivity contribution in [1.29, 1.82) is 0 Å². The monoisotopic (exact) mass is 461 g/mol. The van der Waals surface area contributed by atoms with Crippen LogP contribution in [0.5, 0.6) is 23.0 Å². The molecule has 1 heterocycles. The van der Waals surface area contributed by atoms with Crippen LogP contribution in [0.2, 0.25) is 0 Å². The van der Waals surface area contributed by atoms with Gasteiger partial charge >= 0.3 is 0 Å². The van der Waals surface area contributed by atoms with Crippen molar-refractivity contribution in [3.8, 4) is 23.0 Å². The Labute approximate surface area is 202 Å². The maximum atomic E-state index is 6.22. The third-order valence-corrected chi connectivity index (χ3v) is 7.75. The maximum Gasteiger partial charge on any atom is 0.161 e. The fourth-order valence-electron chi connectivity index (χ4n) is 5.37. The Morgan fingerprint density at radius 2 is 1.35 bits per heavy atom. The first-order chi connectivity index (χ1) is 16.7. The summed E-state index contributed by atoms with van der Waals surface area (Å²) < 4.78 is 23.8. The molecular formula is C29H35NO4. The predicted octanol–water partition coefficient (Wildman–Crippen LogP) is 6.16. The highest BCUT2D eigenvalue weighted by Gasteiger charge is 2.35. The van der Waals surface area contributed by atoms with Crippen LogP contribution in [0.15, 0.2) is 35.3 Å². The summed E-state index contributed by atoms with van der Waals surface area (Å²) in [5.41, 5.74) is 4.56. The van der Waals surface area contributed by atoms with Crippen molar-refractivity contribution in [3.63, 3.8) is 0 Å². The van der Waals surface area contributed by atoms with E-state index in [9.17, 15) is 0 Å². The lowest BCUT2D eigenvalue weighted by atomic mass is 9.75. The van der Waals surface area contributed by atoms with Crippen molar-refractivity contribution in [1.82, 2.24) is 0 Å². The van der Waals surface area contributed by atoms with Crippen LogP contribution in [0.1, 0.15) is 74.0 Å². The van der Waals surface area contributed by atoms with E-state index >= 15 is 0 Å². The number of aliphatic imine (C=N–C) groups is 1. The molecule has 6 rings (SSSR count). The number of fused-ring (bicyclic) bond motifs is 3. The molecule has 4 aliphatic rings. The van der Waals surface area contributed by atoms with Crippen LogP contribution in [0.3, 0.4) is 0 Å². The molecule has 3 fully saturated rings. The molecule has 0 spiro atoms. The Balaban J connectivity index is 1.42. The van der Waals surface area contributed by atoms with Gasteiger partial charge in [-0.3, -0.25) is 4.99 Å². The topological polar surface area (TPSA) is 49.3 Å². The van der Waals surface area contributed by atoms with Crippen molar-refractivity contribution in [3.05, 3.63) is 47.0 Å². The lowest BCUT2D eigenvalue weighted by Crippen LogP contribution is -2.29. The van der Waals surface area contributed by atoms with E-state index in [1.807, 2.05) is 0 Å². The maximum absolute atomic E-state index is 6.22. The molecule has 0 bridgehead atoms. The number of benzene rings is 2. The number of nitrogens with zero attached hydrogens (tertiary/aromatic N) is 1. The summed E-state index contributed by atoms with van der Waals surface area (Å²) in [6.07, 6.45) is 9.88. The van der Waals surface area contributed by atoms with E-state index in [2.05, 4.69) is 30.3 Å². The molecule has 34 heavy (non-hydrogen) atoms. The lowest BCUT2D eigenvalue weighted by molar-refractivity contribution is 0.285. The van der Waals surface area contributed by atoms with E-state index in [1.54, 1.807) is 14.2 Å². The van der Waals surface area contributed by atoms with Crippen LogP contribution < -0.4 is 18.9 Å². The normalized spacial score (nSPS) is 23.4. The minimum absolute atomic E-state index is 0.307. The molecule has 5 heteroatoms. The summed E-state index contributed by atoms with van der Waals surface area (Å²) in [4.78, 5) is 5.35. The van der Waals surface area contributed by atoms with Crippen molar-refractivity contribution >= 4 is 5.71 Å². The quantitative estimate of drug-likeness (QED) is 0.449. The van der Waals surface area contributed by atoms with Crippen LogP contribution in [-0.2, 0) is 0 Å². The van der Waals surface area contributed by atoms with Gasteiger partial charge in [-0.2, -0.15) is 0 Å². The standard InChI is InChI=1S/C29H35NO4/c1-31-27-14-24-23-5-3-4-6-26(23)30-29(25(24)15-28(27)32-2)20-11-21(33-16-18-7-8-18)13-22(12-20)34-17-19-9-10-19/h11-15,18-19,23,26H,3-10,16-17H2,1-2H3/t23-,26-/m0/s1. The van der Waals surface area contributed by atoms with E-state index in [4.69, 9.17) is 23.9 Å². The molecule has 2 aromatic rings. The van der Waals surface area contributed by atoms with Crippen LogP contribution in [0.4, 0.5) is 0 Å². The van der Waals surface area contributed by atoms with E-state index < -0.39 is 0 Å². The van der Waals surface area contributed by atoms with Gasteiger partial charge in [0, 0.05) is 23.1 Å². The predicted molar refractivity (Wildman–Crippen MR) is 133 cm³/mol. The molecule has 2 atom stereocenters. The van der Waals surface area contributed by atoms with Gasteiger partial charge in [0.05, 0.1) is 39.2 Å². The molecule has 3 aliphatic carbocycles. The molecule has 0 saturated heterocycles. The zero-order chi connectivity index (χ0) is 23.1. The van der Waals surface area contributed by atoms with Crippen molar-refractivity contribution < 1.29 is 18.9 Å². The fourth-order valence-corrected chi connectivity index (χ4v) is 5.37. The second kappa shape index (κ2) is 9.16. The Hall–Kier alpha value is -2.69. The minimum atomic E-state index is 0.307. The molecule has 2 aromatic carbocycles. The molecule has 0 amide bonds. The summed E-state index contributed by atoms with van der Waals surface area (Å²) in [7, 11) is 3.41. The van der Waals surface area contributed by atoms with Gasteiger partial charge in [-0.1, -0.05) is 12.8 Å². The van der Waals surface area contributed by atoms with Crippen LogP contribution in [0.25, 0.3) is 0 Å². The molecule has 1 aliphatic heterocycles. The van der Waals surface area contributed by atoms with E-state index in [0.29, 0.717) is 23.8 Å². The highest BCUT2D eigenvalue weighted by molar-refractivity contribution is 6.15. The molecule has 0 unspecified atom stereocenters. The number of hydrogen-bond donors (Lipinski definition) is 0. The van der Waals surface area contributed by atoms with Crippen LogP contribution in [-0.4, -0.2) is 39.2 Å². The Morgan fingerprint density at radius 1 is 0.735 bits per heavy atom. The van der Waals surface area contributed by atoms with E-state index in [0.717, 1.165) is 59.5 Å². The summed E-state index contributed by atoms with van der Waals surface area (Å²) in [5.74, 6) is 5.14. The highest BCUT2D eigenvalue weighted by Crippen LogP contribution is 2.45. The highest BCUT2D eigenvalue weighted by atomic mass is 16.5. The second-order valence-electron chi connectivity index (χ2n) is 10.4. The Morgan fingerprint density at radius 3 is 1.97 bits per heavy atom. The van der Waals surface area contributed by atoms with Crippen LogP contribution >= 0.6 is 0 Å². The Kier molecular flexibility index (Phi) is 5.88. The molecule has 3 saturated carbocycles. The van der Waals surface area contributed by atoms with Crippen molar-refractivity contribution in [2.24, 2.45) is 16.8 Å². The SMILES string of the molecule is COc1cc2c(cc1OC)[C@@H]1CCCC[C@@H]1N=C2c1cc(OCC2CC2)cc(OCC2CC2)c1. The van der Waals surface area contributed by atoms with Gasteiger partial charge in [-0.25, -0.2) is 0 Å². The van der Waals surface area contributed by atoms with Gasteiger partial charge in [0.25, 0.3) is 0 Å². The number of rotatable bonds is 9. The van der Waals surface area contributed by atoms with Crippen LogP contribution in [0, 0.1) is 11.8 Å². The van der Waals surface area contributed by atoms with Crippen molar-refractivity contribution in [2.45, 2.75) is 63.3 Å². The Bertz CT molecular complexity index is 1050. The van der Waals surface area contributed by atoms with Gasteiger partial charge in [0.1, 0.15) is 11.5 Å². The first-order valence-electron chi connectivity index (χ1n) is 13.0. The average molecular weight is 462 g/mol. The van der Waals surface area contributed by atoms with E-state index in [-0.39, 0.29) is 0 Å². The van der Waals surface area contributed by atoms with Gasteiger partial charge in [-0.15, -0.1) is 0 Å². The van der Waals surface area contributed by atoms with Crippen molar-refractivity contribution in [2.75, 3.05) is 27.4 Å². The first kappa shape index (κ1) is 21.8. The number of methoxy groups -OCH3 is 2. The number of hydrogen-bond acceptors (Lipinski definition) is 5. The smallest absolute Gasteiger partial charge is 0.161 e. The van der Waals surface area contributed by atoms with Gasteiger partial charge < -0.3 is 18.9 Å². The molecule has 0 N–H and O–H groups in total. The second-order valence-corrected chi connectivity index (χ2v) is 10.4. The third kappa shape index (κ3) is 4.49. The largest absolute Gasteiger partial charge is 0.493 e. The first-order valence-corrected chi connectivity index (χ1v) is 13.0. The summed E-state index contributed by atoms with van der Waals surface area (Å²) in [6.45, 7) is 1.56. The zero-order valence-corrected chi connectivity index (χ0v) is 20.3. The average Bonchev–Trinajstić information content (AvgIpc) is 3.80. The minimum Gasteiger partial charge on any atom is -0.493 e. The number of ether oxygens (including phenoxy) is 4.